The first-order valence-corrected chi connectivity index (χ1v) is 8.37. The monoisotopic (exact) mass is 351 g/mol. The average Bonchev–Trinajstić information content (AvgIpc) is 3.05. The molecule has 0 fully saturated rings. The number of aryl methyl sites for hydroxylation is 1. The van der Waals surface area contributed by atoms with E-state index in [9.17, 15) is 14.9 Å². The predicted molar refractivity (Wildman–Crippen MR) is 98.3 cm³/mol. The van der Waals surface area contributed by atoms with Crippen LogP contribution in [0.2, 0.25) is 0 Å². The number of benzene rings is 2. The number of carbonyl (C=O) groups excluding carboxylic acids is 1. The Balaban J connectivity index is 1.68. The molecule has 2 heterocycles. The molecule has 1 amide bonds. The maximum atomic E-state index is 11.6. The van der Waals surface area contributed by atoms with E-state index >= 15 is 0 Å². The summed E-state index contributed by atoms with van der Waals surface area (Å²) in [5.74, 6) is 0.602. The first-order valence-electron chi connectivity index (χ1n) is 8.37. The number of nitro benzene ring substituents is 1. The molecule has 4 rings (SSSR count). The molecule has 1 aliphatic heterocycles. The summed E-state index contributed by atoms with van der Waals surface area (Å²) < 4.78 is 5.83. The van der Waals surface area contributed by atoms with Crippen molar-refractivity contribution < 1.29 is 14.1 Å². The number of anilines is 2. The van der Waals surface area contributed by atoms with Crippen LogP contribution in [0.25, 0.3) is 11.0 Å². The van der Waals surface area contributed by atoms with Gasteiger partial charge in [0.1, 0.15) is 17.0 Å². The Bertz CT molecular complexity index is 992. The normalized spacial score (nSPS) is 14.6. The summed E-state index contributed by atoms with van der Waals surface area (Å²) in [5, 5.41) is 18.4. The Hall–Kier alpha value is -3.35. The van der Waals surface area contributed by atoms with E-state index in [0.29, 0.717) is 30.0 Å². The van der Waals surface area contributed by atoms with Crippen molar-refractivity contribution in [1.82, 2.24) is 0 Å². The Kier molecular flexibility index (Phi) is 3.84. The van der Waals surface area contributed by atoms with Gasteiger partial charge < -0.3 is 15.1 Å². The number of para-hydroxylation sites is 1. The van der Waals surface area contributed by atoms with Gasteiger partial charge in [0.2, 0.25) is 5.91 Å². The molecule has 0 saturated carbocycles. The number of amides is 1. The van der Waals surface area contributed by atoms with E-state index in [0.717, 1.165) is 16.5 Å². The smallest absolute Gasteiger partial charge is 0.292 e. The lowest BCUT2D eigenvalue weighted by atomic mass is 10.0. The fourth-order valence-electron chi connectivity index (χ4n) is 3.20. The van der Waals surface area contributed by atoms with Crippen LogP contribution in [0, 0.1) is 10.1 Å². The van der Waals surface area contributed by atoms with Crippen LogP contribution in [0.5, 0.6) is 0 Å². The first kappa shape index (κ1) is 16.1. The van der Waals surface area contributed by atoms with E-state index in [2.05, 4.69) is 10.6 Å². The van der Waals surface area contributed by atoms with E-state index in [1.807, 2.05) is 37.3 Å². The molecule has 3 aromatic rings. The fraction of sp³-hybridized carbons (Fsp3) is 0.211. The third-order valence-electron chi connectivity index (χ3n) is 4.56. The van der Waals surface area contributed by atoms with Crippen LogP contribution in [-0.4, -0.2) is 10.8 Å². The summed E-state index contributed by atoms with van der Waals surface area (Å²) in [7, 11) is 0. The number of carbonyl (C=O) groups is 1. The minimum absolute atomic E-state index is 0.0112. The van der Waals surface area contributed by atoms with Crippen molar-refractivity contribution in [2.24, 2.45) is 0 Å². The molecule has 0 saturated heterocycles. The molecule has 7 heteroatoms. The van der Waals surface area contributed by atoms with Gasteiger partial charge in [-0.25, -0.2) is 0 Å². The molecular weight excluding hydrogens is 334 g/mol. The molecule has 0 unspecified atom stereocenters. The Labute approximate surface area is 149 Å². The van der Waals surface area contributed by atoms with Gasteiger partial charge >= 0.3 is 0 Å². The Morgan fingerprint density at radius 3 is 2.81 bits per heavy atom. The molecule has 7 nitrogen and oxygen atoms in total. The maximum absolute atomic E-state index is 11.6. The van der Waals surface area contributed by atoms with Crippen molar-refractivity contribution in [3.8, 4) is 0 Å². The Morgan fingerprint density at radius 2 is 2.04 bits per heavy atom. The molecule has 1 aromatic heterocycles. The van der Waals surface area contributed by atoms with Crippen molar-refractivity contribution in [1.29, 1.82) is 0 Å². The standard InChI is InChI=1S/C19H17N3O4/c1-11(18-9-13-4-2-3-5-17(13)26-18)20-15-10-14-12(6-7-19(23)21-14)8-16(15)22(24)25/h2-5,8-11,20H,6-7H2,1H3,(H,21,23)/t11-/m1/s1. The van der Waals surface area contributed by atoms with Gasteiger partial charge in [-0.05, 0) is 37.1 Å². The lowest BCUT2D eigenvalue weighted by molar-refractivity contribution is -0.384. The predicted octanol–water partition coefficient (Wildman–Crippen LogP) is 4.40. The molecule has 132 valence electrons. The lowest BCUT2D eigenvalue weighted by Crippen LogP contribution is -2.19. The SMILES string of the molecule is C[C@@H](Nc1cc2c(cc1[N+](=O)[O-])CCC(=O)N2)c1cc2ccccc2o1. The second kappa shape index (κ2) is 6.18. The van der Waals surface area contributed by atoms with Crippen LogP contribution in [0.3, 0.4) is 0 Å². The zero-order valence-electron chi connectivity index (χ0n) is 14.1. The van der Waals surface area contributed by atoms with Crippen LogP contribution in [-0.2, 0) is 11.2 Å². The van der Waals surface area contributed by atoms with Gasteiger partial charge in [-0.1, -0.05) is 18.2 Å². The maximum Gasteiger partial charge on any atom is 0.292 e. The molecule has 0 spiro atoms. The van der Waals surface area contributed by atoms with E-state index in [1.54, 1.807) is 6.07 Å². The van der Waals surface area contributed by atoms with Gasteiger partial charge in [0.05, 0.1) is 11.0 Å². The molecule has 0 bridgehead atoms. The summed E-state index contributed by atoms with van der Waals surface area (Å²) in [6.07, 6.45) is 0.841. The van der Waals surface area contributed by atoms with Crippen molar-refractivity contribution in [3.63, 3.8) is 0 Å². The number of furan rings is 1. The minimum atomic E-state index is -0.412. The van der Waals surface area contributed by atoms with E-state index < -0.39 is 4.92 Å². The van der Waals surface area contributed by atoms with Crippen molar-refractivity contribution in [2.75, 3.05) is 10.6 Å². The van der Waals surface area contributed by atoms with Crippen LogP contribution in [0.15, 0.2) is 46.9 Å². The van der Waals surface area contributed by atoms with E-state index in [1.165, 1.54) is 6.07 Å². The zero-order valence-corrected chi connectivity index (χ0v) is 14.1. The highest BCUT2D eigenvalue weighted by atomic mass is 16.6. The van der Waals surface area contributed by atoms with Gasteiger partial charge in [0.15, 0.2) is 0 Å². The second-order valence-electron chi connectivity index (χ2n) is 6.38. The number of rotatable bonds is 4. The van der Waals surface area contributed by atoms with Crippen molar-refractivity contribution >= 4 is 33.9 Å². The zero-order chi connectivity index (χ0) is 18.3. The average molecular weight is 351 g/mol. The number of nitrogens with one attached hydrogen (secondary N) is 2. The highest BCUT2D eigenvalue weighted by Crippen LogP contribution is 2.36. The number of nitro groups is 1. The van der Waals surface area contributed by atoms with Crippen LogP contribution in [0.4, 0.5) is 17.1 Å². The molecule has 0 radical (unpaired) electrons. The highest BCUT2D eigenvalue weighted by molar-refractivity contribution is 5.95. The topological polar surface area (TPSA) is 97.4 Å². The molecule has 1 aliphatic rings. The van der Waals surface area contributed by atoms with Gasteiger partial charge in [-0.3, -0.25) is 14.9 Å². The quantitative estimate of drug-likeness (QED) is 0.536. The van der Waals surface area contributed by atoms with Crippen LogP contribution in [0.1, 0.15) is 30.7 Å². The molecular formula is C19H17N3O4. The molecule has 2 N–H and O–H groups in total. The van der Waals surface area contributed by atoms with Crippen LogP contribution < -0.4 is 10.6 Å². The molecule has 26 heavy (non-hydrogen) atoms. The largest absolute Gasteiger partial charge is 0.459 e. The Morgan fingerprint density at radius 1 is 1.23 bits per heavy atom. The van der Waals surface area contributed by atoms with E-state index in [4.69, 9.17) is 4.42 Å². The molecule has 0 aliphatic carbocycles. The van der Waals surface area contributed by atoms with Gasteiger partial charge in [0, 0.05) is 23.6 Å². The summed E-state index contributed by atoms with van der Waals surface area (Å²) in [6, 6.07) is 12.4. The summed E-state index contributed by atoms with van der Waals surface area (Å²) in [4.78, 5) is 22.7. The number of nitrogens with zero attached hydrogens (tertiary/aromatic N) is 1. The number of hydrogen-bond acceptors (Lipinski definition) is 5. The number of hydrogen-bond donors (Lipinski definition) is 2. The highest BCUT2D eigenvalue weighted by Gasteiger charge is 2.24. The minimum Gasteiger partial charge on any atom is -0.459 e. The van der Waals surface area contributed by atoms with Gasteiger partial charge in [0.25, 0.3) is 5.69 Å². The third-order valence-corrected chi connectivity index (χ3v) is 4.56. The third kappa shape index (κ3) is 2.88. The lowest BCUT2D eigenvalue weighted by Gasteiger charge is -2.19. The summed E-state index contributed by atoms with van der Waals surface area (Å²) in [5.41, 5.74) is 2.50. The van der Waals surface area contributed by atoms with Crippen molar-refractivity contribution in [3.05, 3.63) is 63.9 Å². The first-order chi connectivity index (χ1) is 12.5. The molecule has 2 aromatic carbocycles. The fourth-order valence-corrected chi connectivity index (χ4v) is 3.20. The van der Waals surface area contributed by atoms with Gasteiger partial charge in [-0.15, -0.1) is 0 Å². The van der Waals surface area contributed by atoms with Crippen molar-refractivity contribution in [2.45, 2.75) is 25.8 Å². The van der Waals surface area contributed by atoms with Crippen LogP contribution >= 0.6 is 0 Å². The number of fused-ring (bicyclic) bond motifs is 2. The summed E-state index contributed by atoms with van der Waals surface area (Å²) in [6.45, 7) is 1.87. The van der Waals surface area contributed by atoms with E-state index in [-0.39, 0.29) is 17.6 Å². The van der Waals surface area contributed by atoms with Gasteiger partial charge in [-0.2, -0.15) is 0 Å². The summed E-state index contributed by atoms with van der Waals surface area (Å²) >= 11 is 0. The second-order valence-corrected chi connectivity index (χ2v) is 6.38. The molecule has 1 atom stereocenters.